The lowest BCUT2D eigenvalue weighted by atomic mass is 10.0. The van der Waals surface area contributed by atoms with E-state index in [4.69, 9.17) is 10.5 Å². The number of nitrogens with two attached hydrogens (primary N) is 1. The first kappa shape index (κ1) is 17.3. The maximum absolute atomic E-state index is 12.5. The fourth-order valence-corrected chi connectivity index (χ4v) is 3.28. The number of nitrogens with zero attached hydrogens (tertiary/aromatic N) is 2. The standard InChI is InChI=1S/C20H25N3O2/c1-2-25-20(24)19(16-6-4-3-5-7-16)23-14-12-22(13-15-23)18-10-8-17(21)9-11-18/h3-11,19H,2,12-15,21H2,1H3. The maximum Gasteiger partial charge on any atom is 0.328 e. The van der Waals surface area contributed by atoms with E-state index >= 15 is 0 Å². The summed E-state index contributed by atoms with van der Waals surface area (Å²) >= 11 is 0. The number of rotatable bonds is 5. The van der Waals surface area contributed by atoms with Crippen LogP contribution in [0.4, 0.5) is 11.4 Å². The number of esters is 1. The number of hydrogen-bond acceptors (Lipinski definition) is 5. The minimum atomic E-state index is -0.338. The van der Waals surface area contributed by atoms with Crippen LogP contribution in [0, 0.1) is 0 Å². The molecule has 1 aliphatic rings. The molecule has 0 spiro atoms. The van der Waals surface area contributed by atoms with Crippen molar-refractivity contribution in [2.75, 3.05) is 43.4 Å². The summed E-state index contributed by atoms with van der Waals surface area (Å²) in [5, 5.41) is 0. The molecule has 2 aromatic rings. The van der Waals surface area contributed by atoms with Crippen molar-refractivity contribution in [2.45, 2.75) is 13.0 Å². The minimum absolute atomic E-state index is 0.172. The number of carbonyl (C=O) groups excluding carboxylic acids is 1. The average molecular weight is 339 g/mol. The summed E-state index contributed by atoms with van der Waals surface area (Å²) in [6.45, 7) is 5.59. The van der Waals surface area contributed by atoms with Crippen LogP contribution in [0.15, 0.2) is 54.6 Å². The summed E-state index contributed by atoms with van der Waals surface area (Å²) in [7, 11) is 0. The molecular formula is C20H25N3O2. The summed E-state index contributed by atoms with van der Waals surface area (Å²) in [4.78, 5) is 17.1. The molecule has 0 bridgehead atoms. The summed E-state index contributed by atoms with van der Waals surface area (Å²) in [5.74, 6) is -0.172. The summed E-state index contributed by atoms with van der Waals surface area (Å²) < 4.78 is 5.33. The van der Waals surface area contributed by atoms with Gasteiger partial charge >= 0.3 is 5.97 Å². The molecule has 25 heavy (non-hydrogen) atoms. The number of anilines is 2. The fourth-order valence-electron chi connectivity index (χ4n) is 3.28. The van der Waals surface area contributed by atoms with Gasteiger partial charge in [0.2, 0.25) is 0 Å². The van der Waals surface area contributed by atoms with Gasteiger partial charge in [-0.05, 0) is 36.8 Å². The Morgan fingerprint density at radius 2 is 1.68 bits per heavy atom. The van der Waals surface area contributed by atoms with Gasteiger partial charge in [0.05, 0.1) is 6.61 Å². The molecule has 1 saturated heterocycles. The van der Waals surface area contributed by atoms with Gasteiger partial charge in [0, 0.05) is 37.6 Å². The molecule has 2 aromatic carbocycles. The molecule has 5 nitrogen and oxygen atoms in total. The molecular weight excluding hydrogens is 314 g/mol. The molecule has 1 fully saturated rings. The molecule has 2 N–H and O–H groups in total. The first-order valence-electron chi connectivity index (χ1n) is 8.75. The minimum Gasteiger partial charge on any atom is -0.465 e. The molecule has 3 rings (SSSR count). The van der Waals surface area contributed by atoms with E-state index in [0.29, 0.717) is 6.61 Å². The number of nitrogen functional groups attached to an aromatic ring is 1. The highest BCUT2D eigenvalue weighted by molar-refractivity contribution is 5.77. The van der Waals surface area contributed by atoms with Crippen LogP contribution in [0.2, 0.25) is 0 Å². The SMILES string of the molecule is CCOC(=O)C(c1ccccc1)N1CCN(c2ccc(N)cc2)CC1. The Morgan fingerprint density at radius 1 is 1.04 bits per heavy atom. The number of benzene rings is 2. The van der Waals surface area contributed by atoms with Crippen LogP contribution in [0.25, 0.3) is 0 Å². The molecule has 5 heteroatoms. The molecule has 132 valence electrons. The molecule has 0 aromatic heterocycles. The van der Waals surface area contributed by atoms with E-state index in [1.807, 2.05) is 61.5 Å². The van der Waals surface area contributed by atoms with Gasteiger partial charge in [-0.3, -0.25) is 4.90 Å². The Balaban J connectivity index is 1.71. The third-order valence-electron chi connectivity index (χ3n) is 4.56. The topological polar surface area (TPSA) is 58.8 Å². The second-order valence-electron chi connectivity index (χ2n) is 6.18. The summed E-state index contributed by atoms with van der Waals surface area (Å²) in [6.07, 6.45) is 0. The van der Waals surface area contributed by atoms with Crippen molar-refractivity contribution in [3.63, 3.8) is 0 Å². The van der Waals surface area contributed by atoms with Crippen LogP contribution < -0.4 is 10.6 Å². The molecule has 1 heterocycles. The number of piperazine rings is 1. The monoisotopic (exact) mass is 339 g/mol. The van der Waals surface area contributed by atoms with Gasteiger partial charge in [-0.25, -0.2) is 4.79 Å². The Kier molecular flexibility index (Phi) is 5.56. The van der Waals surface area contributed by atoms with E-state index in [0.717, 1.165) is 37.4 Å². The summed E-state index contributed by atoms with van der Waals surface area (Å²) in [5.41, 5.74) is 8.69. The Hall–Kier alpha value is -2.53. The van der Waals surface area contributed by atoms with E-state index < -0.39 is 0 Å². The van der Waals surface area contributed by atoms with Gasteiger partial charge in [0.25, 0.3) is 0 Å². The zero-order valence-electron chi connectivity index (χ0n) is 14.6. The quantitative estimate of drug-likeness (QED) is 0.670. The highest BCUT2D eigenvalue weighted by Crippen LogP contribution is 2.26. The predicted molar refractivity (Wildman–Crippen MR) is 100 cm³/mol. The van der Waals surface area contributed by atoms with Crippen LogP contribution in [-0.2, 0) is 9.53 Å². The maximum atomic E-state index is 12.5. The van der Waals surface area contributed by atoms with Crippen LogP contribution in [0.5, 0.6) is 0 Å². The van der Waals surface area contributed by atoms with Gasteiger partial charge in [-0.15, -0.1) is 0 Å². The second-order valence-corrected chi connectivity index (χ2v) is 6.18. The normalized spacial score (nSPS) is 16.4. The van der Waals surface area contributed by atoms with Crippen molar-refractivity contribution < 1.29 is 9.53 Å². The zero-order valence-corrected chi connectivity index (χ0v) is 14.6. The number of ether oxygens (including phenoxy) is 1. The second kappa shape index (κ2) is 8.03. The molecule has 0 radical (unpaired) electrons. The smallest absolute Gasteiger partial charge is 0.328 e. The third kappa shape index (κ3) is 4.12. The Labute approximate surface area is 149 Å². The summed E-state index contributed by atoms with van der Waals surface area (Å²) in [6, 6.07) is 17.5. The average Bonchev–Trinajstić information content (AvgIpc) is 2.64. The van der Waals surface area contributed by atoms with Crippen LogP contribution in [-0.4, -0.2) is 43.7 Å². The molecule has 0 saturated carbocycles. The molecule has 1 aliphatic heterocycles. The van der Waals surface area contributed by atoms with Gasteiger partial charge in [0.15, 0.2) is 0 Å². The molecule has 0 aliphatic carbocycles. The highest BCUT2D eigenvalue weighted by atomic mass is 16.5. The van der Waals surface area contributed by atoms with Crippen molar-refractivity contribution in [2.24, 2.45) is 0 Å². The van der Waals surface area contributed by atoms with Crippen molar-refractivity contribution in [3.8, 4) is 0 Å². The lowest BCUT2D eigenvalue weighted by Crippen LogP contribution is -2.49. The first-order valence-corrected chi connectivity index (χ1v) is 8.75. The number of hydrogen-bond donors (Lipinski definition) is 1. The first-order chi connectivity index (χ1) is 12.2. The zero-order chi connectivity index (χ0) is 17.6. The van der Waals surface area contributed by atoms with Gasteiger partial charge in [-0.2, -0.15) is 0 Å². The van der Waals surface area contributed by atoms with Gasteiger partial charge in [-0.1, -0.05) is 30.3 Å². The molecule has 1 unspecified atom stereocenters. The predicted octanol–water partition coefficient (Wildman–Crippen LogP) is 2.70. The van der Waals surface area contributed by atoms with Crippen LogP contribution in [0.1, 0.15) is 18.5 Å². The lowest BCUT2D eigenvalue weighted by Gasteiger charge is -2.39. The van der Waals surface area contributed by atoms with Crippen molar-refractivity contribution in [3.05, 3.63) is 60.2 Å². The molecule has 0 amide bonds. The van der Waals surface area contributed by atoms with Crippen LogP contribution >= 0.6 is 0 Å². The van der Waals surface area contributed by atoms with E-state index in [1.54, 1.807) is 0 Å². The lowest BCUT2D eigenvalue weighted by molar-refractivity contribution is -0.150. The van der Waals surface area contributed by atoms with Crippen molar-refractivity contribution in [1.29, 1.82) is 0 Å². The van der Waals surface area contributed by atoms with Crippen molar-refractivity contribution in [1.82, 2.24) is 4.90 Å². The van der Waals surface area contributed by atoms with Crippen molar-refractivity contribution >= 4 is 17.3 Å². The number of carbonyl (C=O) groups is 1. The van der Waals surface area contributed by atoms with E-state index in [-0.39, 0.29) is 12.0 Å². The van der Waals surface area contributed by atoms with Gasteiger partial charge in [0.1, 0.15) is 6.04 Å². The largest absolute Gasteiger partial charge is 0.465 e. The highest BCUT2D eigenvalue weighted by Gasteiger charge is 2.31. The fraction of sp³-hybridized carbons (Fsp3) is 0.350. The molecule has 1 atom stereocenters. The Morgan fingerprint density at radius 3 is 2.28 bits per heavy atom. The Bertz CT molecular complexity index is 680. The van der Waals surface area contributed by atoms with Crippen LogP contribution in [0.3, 0.4) is 0 Å². The van der Waals surface area contributed by atoms with E-state index in [9.17, 15) is 4.79 Å². The van der Waals surface area contributed by atoms with E-state index in [1.165, 1.54) is 5.69 Å². The van der Waals surface area contributed by atoms with E-state index in [2.05, 4.69) is 9.80 Å². The third-order valence-corrected chi connectivity index (χ3v) is 4.56. The van der Waals surface area contributed by atoms with Gasteiger partial charge < -0.3 is 15.4 Å².